The number of hydrogen-bond donors (Lipinski definition) is 2. The number of anilines is 1. The van der Waals surface area contributed by atoms with E-state index >= 15 is 0 Å². The molecular formula is C19H22N2OS2. The van der Waals surface area contributed by atoms with E-state index in [1.807, 2.05) is 53.9 Å². The lowest BCUT2D eigenvalue weighted by Crippen LogP contribution is -2.28. The largest absolute Gasteiger partial charge is 0.334 e. The van der Waals surface area contributed by atoms with Crippen LogP contribution in [0.1, 0.15) is 27.7 Å². The molecule has 0 bridgehead atoms. The molecule has 1 aliphatic heterocycles. The van der Waals surface area contributed by atoms with Crippen LogP contribution in [-0.4, -0.2) is 17.5 Å². The molecule has 0 unspecified atom stereocenters. The molecule has 0 saturated carbocycles. The van der Waals surface area contributed by atoms with Crippen LogP contribution in [0.15, 0.2) is 48.5 Å². The number of rotatable bonds is 4. The van der Waals surface area contributed by atoms with Crippen LogP contribution in [-0.2, 0) is 6.54 Å². The van der Waals surface area contributed by atoms with Crippen molar-refractivity contribution in [3.8, 4) is 0 Å². The van der Waals surface area contributed by atoms with Gasteiger partial charge >= 0.3 is 6.03 Å². The lowest BCUT2D eigenvalue weighted by Gasteiger charge is -2.21. The number of amides is 2. The normalized spacial score (nSPS) is 15.0. The summed E-state index contributed by atoms with van der Waals surface area (Å²) in [5, 5.41) is 5.87. The molecule has 0 aliphatic carbocycles. The number of benzene rings is 2. The Morgan fingerprint density at radius 3 is 2.71 bits per heavy atom. The molecule has 1 saturated heterocycles. The summed E-state index contributed by atoms with van der Waals surface area (Å²) in [4.78, 5) is 12.2. The van der Waals surface area contributed by atoms with Crippen molar-refractivity contribution in [1.29, 1.82) is 0 Å². The smallest absolute Gasteiger partial charge is 0.319 e. The minimum atomic E-state index is -0.167. The van der Waals surface area contributed by atoms with E-state index in [9.17, 15) is 4.79 Å². The molecular weight excluding hydrogens is 336 g/mol. The first-order valence-electron chi connectivity index (χ1n) is 8.15. The maximum absolute atomic E-state index is 12.2. The molecule has 0 atom stereocenters. The van der Waals surface area contributed by atoms with E-state index in [4.69, 9.17) is 0 Å². The Kier molecular flexibility index (Phi) is 6.10. The van der Waals surface area contributed by atoms with Crippen molar-refractivity contribution >= 4 is 35.2 Å². The van der Waals surface area contributed by atoms with Gasteiger partial charge in [-0.2, -0.15) is 0 Å². The summed E-state index contributed by atoms with van der Waals surface area (Å²) in [5.74, 6) is 2.43. The maximum atomic E-state index is 12.2. The molecule has 0 spiro atoms. The molecule has 2 aromatic rings. The van der Waals surface area contributed by atoms with Gasteiger partial charge in [-0.3, -0.25) is 0 Å². The maximum Gasteiger partial charge on any atom is 0.319 e. The molecule has 2 N–H and O–H groups in total. The lowest BCUT2D eigenvalue weighted by atomic mass is 10.1. The van der Waals surface area contributed by atoms with Crippen molar-refractivity contribution in [3.05, 3.63) is 65.2 Å². The fourth-order valence-electron chi connectivity index (χ4n) is 2.60. The Balaban J connectivity index is 1.57. The van der Waals surface area contributed by atoms with E-state index in [1.165, 1.54) is 29.1 Å². The van der Waals surface area contributed by atoms with Crippen LogP contribution >= 0.6 is 23.5 Å². The van der Waals surface area contributed by atoms with Crippen LogP contribution in [0, 0.1) is 6.92 Å². The Hall–Kier alpha value is -1.59. The van der Waals surface area contributed by atoms with Crippen molar-refractivity contribution in [1.82, 2.24) is 5.32 Å². The van der Waals surface area contributed by atoms with Crippen molar-refractivity contribution in [3.63, 3.8) is 0 Å². The number of carbonyl (C=O) groups is 1. The average molecular weight is 359 g/mol. The first-order valence-corrected chi connectivity index (χ1v) is 10.2. The van der Waals surface area contributed by atoms with Crippen molar-refractivity contribution < 1.29 is 4.79 Å². The summed E-state index contributed by atoms with van der Waals surface area (Å²) in [6.45, 7) is 2.59. The number of nitrogens with one attached hydrogen (secondary N) is 2. The van der Waals surface area contributed by atoms with E-state index in [1.54, 1.807) is 0 Å². The third-order valence-electron chi connectivity index (χ3n) is 3.94. The van der Waals surface area contributed by atoms with Gasteiger partial charge in [0.05, 0.1) is 4.58 Å². The van der Waals surface area contributed by atoms with Crippen LogP contribution < -0.4 is 10.6 Å². The van der Waals surface area contributed by atoms with Crippen LogP contribution in [0.4, 0.5) is 10.5 Å². The number of aryl methyl sites for hydroxylation is 1. The van der Waals surface area contributed by atoms with E-state index in [0.717, 1.165) is 11.3 Å². The first-order chi connectivity index (χ1) is 11.7. The summed E-state index contributed by atoms with van der Waals surface area (Å²) in [5.41, 5.74) is 4.45. The molecule has 126 valence electrons. The molecule has 2 aromatic carbocycles. The second-order valence-corrected chi connectivity index (χ2v) is 8.51. The van der Waals surface area contributed by atoms with E-state index in [0.29, 0.717) is 11.1 Å². The molecule has 1 fully saturated rings. The Bertz CT molecular complexity index is 699. The molecule has 1 aliphatic rings. The second kappa shape index (κ2) is 8.49. The van der Waals surface area contributed by atoms with Crippen LogP contribution in [0.3, 0.4) is 0 Å². The molecule has 2 amide bonds. The first kappa shape index (κ1) is 17.2. The molecule has 1 heterocycles. The van der Waals surface area contributed by atoms with Gasteiger partial charge in [0.25, 0.3) is 0 Å². The van der Waals surface area contributed by atoms with E-state index in [-0.39, 0.29) is 6.03 Å². The highest BCUT2D eigenvalue weighted by atomic mass is 32.2. The lowest BCUT2D eigenvalue weighted by molar-refractivity contribution is 0.251. The minimum Gasteiger partial charge on any atom is -0.334 e. The topological polar surface area (TPSA) is 41.1 Å². The van der Waals surface area contributed by atoms with Gasteiger partial charge in [-0.05, 0) is 53.7 Å². The third kappa shape index (κ3) is 4.71. The van der Waals surface area contributed by atoms with E-state index in [2.05, 4.69) is 35.8 Å². The quantitative estimate of drug-likeness (QED) is 0.791. The van der Waals surface area contributed by atoms with Crippen molar-refractivity contribution in [2.45, 2.75) is 24.5 Å². The monoisotopic (exact) mass is 358 g/mol. The number of carbonyl (C=O) groups excluding carboxylic acids is 1. The van der Waals surface area contributed by atoms with Gasteiger partial charge in [0, 0.05) is 12.2 Å². The summed E-state index contributed by atoms with van der Waals surface area (Å²) in [7, 11) is 0. The Morgan fingerprint density at radius 2 is 1.92 bits per heavy atom. The van der Waals surface area contributed by atoms with Crippen molar-refractivity contribution in [2.24, 2.45) is 0 Å². The number of thioether (sulfide) groups is 2. The molecule has 0 radical (unpaired) electrons. The predicted molar refractivity (Wildman–Crippen MR) is 106 cm³/mol. The molecule has 0 aromatic heterocycles. The third-order valence-corrected chi connectivity index (χ3v) is 6.96. The van der Waals surface area contributed by atoms with Crippen LogP contribution in [0.5, 0.6) is 0 Å². The van der Waals surface area contributed by atoms with Gasteiger partial charge in [0.1, 0.15) is 0 Å². The zero-order chi connectivity index (χ0) is 16.8. The minimum absolute atomic E-state index is 0.167. The molecule has 24 heavy (non-hydrogen) atoms. The predicted octanol–water partition coefficient (Wildman–Crippen LogP) is 5.19. The van der Waals surface area contributed by atoms with Gasteiger partial charge in [-0.25, -0.2) is 4.79 Å². The highest BCUT2D eigenvalue weighted by molar-refractivity contribution is 8.16. The Labute approximate surface area is 152 Å². The van der Waals surface area contributed by atoms with Gasteiger partial charge in [0.15, 0.2) is 0 Å². The summed E-state index contributed by atoms with van der Waals surface area (Å²) >= 11 is 3.98. The van der Waals surface area contributed by atoms with Gasteiger partial charge < -0.3 is 10.6 Å². The Morgan fingerprint density at radius 1 is 1.12 bits per heavy atom. The highest BCUT2D eigenvalue weighted by Gasteiger charge is 2.16. The number of hydrogen-bond acceptors (Lipinski definition) is 3. The fraction of sp³-hybridized carbons (Fsp3) is 0.316. The van der Waals surface area contributed by atoms with Gasteiger partial charge in [-0.15, -0.1) is 23.5 Å². The number of urea groups is 1. The van der Waals surface area contributed by atoms with E-state index < -0.39 is 0 Å². The second-order valence-electron chi connectivity index (χ2n) is 5.79. The van der Waals surface area contributed by atoms with Crippen LogP contribution in [0.2, 0.25) is 0 Å². The summed E-state index contributed by atoms with van der Waals surface area (Å²) < 4.78 is 0.482. The molecule has 3 rings (SSSR count). The van der Waals surface area contributed by atoms with Crippen molar-refractivity contribution in [2.75, 3.05) is 16.8 Å². The standard InChI is InChI=1S/C19H22N2OS2/c1-14-6-2-3-7-16(14)13-20-19(22)21-17-9-4-8-15(12-17)18-23-10-5-11-24-18/h2-4,6-9,12,18H,5,10-11,13H2,1H3,(H2,20,21,22). The summed E-state index contributed by atoms with van der Waals surface area (Å²) in [6.07, 6.45) is 1.28. The van der Waals surface area contributed by atoms with Gasteiger partial charge in [0.2, 0.25) is 0 Å². The highest BCUT2D eigenvalue weighted by Crippen LogP contribution is 2.43. The summed E-state index contributed by atoms with van der Waals surface area (Å²) in [6, 6.07) is 16.1. The average Bonchev–Trinajstić information content (AvgIpc) is 2.62. The SMILES string of the molecule is Cc1ccccc1CNC(=O)Nc1cccc(C2SCCCS2)c1. The molecule has 5 heteroatoms. The van der Waals surface area contributed by atoms with Crippen LogP contribution in [0.25, 0.3) is 0 Å². The zero-order valence-electron chi connectivity index (χ0n) is 13.7. The van der Waals surface area contributed by atoms with Gasteiger partial charge in [-0.1, -0.05) is 36.4 Å². The fourth-order valence-corrected chi connectivity index (χ4v) is 5.48. The molecule has 3 nitrogen and oxygen atoms in total. The zero-order valence-corrected chi connectivity index (χ0v) is 15.4.